The van der Waals surface area contributed by atoms with Gasteiger partial charge in [0.25, 0.3) is 5.91 Å². The molecule has 1 fully saturated rings. The van der Waals surface area contributed by atoms with Gasteiger partial charge in [0, 0.05) is 25.2 Å². The van der Waals surface area contributed by atoms with Crippen LogP contribution in [0.25, 0.3) is 0 Å². The monoisotopic (exact) mass is 318 g/mol. The number of piperazine rings is 1. The Morgan fingerprint density at radius 2 is 1.83 bits per heavy atom. The molecule has 2 rings (SSSR count). The average molecular weight is 318 g/mol. The summed E-state index contributed by atoms with van der Waals surface area (Å²) in [6.07, 6.45) is -0.293. The minimum atomic E-state index is -0.429. The van der Waals surface area contributed by atoms with Crippen LogP contribution in [0.1, 0.15) is 38.1 Å². The van der Waals surface area contributed by atoms with Crippen LogP contribution in [0.2, 0.25) is 0 Å². The van der Waals surface area contributed by atoms with Gasteiger partial charge in [0.15, 0.2) is 0 Å². The van der Waals surface area contributed by atoms with E-state index in [2.05, 4.69) is 0 Å². The van der Waals surface area contributed by atoms with Crippen LogP contribution in [0.15, 0.2) is 30.3 Å². The summed E-state index contributed by atoms with van der Waals surface area (Å²) in [5.74, 6) is 0.318. The molecular weight excluding hydrogens is 292 g/mol. The van der Waals surface area contributed by atoms with Gasteiger partial charge in [-0.3, -0.25) is 4.79 Å². The lowest BCUT2D eigenvalue weighted by Crippen LogP contribution is -2.62. The molecule has 5 heteroatoms. The number of benzene rings is 1. The SMILES string of the molecule is CC(C)COC(=O)N1CCN(C(=O)c2ccccc2)C(C)(C)C1. The maximum atomic E-state index is 12.7. The number of carbonyl (C=O) groups is 2. The molecule has 0 saturated carbocycles. The zero-order valence-electron chi connectivity index (χ0n) is 14.4. The van der Waals surface area contributed by atoms with Crippen molar-refractivity contribution in [1.82, 2.24) is 9.80 Å². The molecule has 1 aliphatic heterocycles. The second kappa shape index (κ2) is 7.02. The van der Waals surface area contributed by atoms with Crippen LogP contribution >= 0.6 is 0 Å². The molecule has 0 N–H and O–H groups in total. The zero-order valence-corrected chi connectivity index (χ0v) is 14.4. The van der Waals surface area contributed by atoms with Crippen molar-refractivity contribution in [3.8, 4) is 0 Å². The smallest absolute Gasteiger partial charge is 0.409 e. The first kappa shape index (κ1) is 17.3. The summed E-state index contributed by atoms with van der Waals surface area (Å²) in [6, 6.07) is 9.26. The Morgan fingerprint density at radius 3 is 2.39 bits per heavy atom. The van der Waals surface area contributed by atoms with Crippen LogP contribution in [0.5, 0.6) is 0 Å². The summed E-state index contributed by atoms with van der Waals surface area (Å²) in [6.45, 7) is 9.88. The van der Waals surface area contributed by atoms with Crippen molar-refractivity contribution in [2.75, 3.05) is 26.2 Å². The van der Waals surface area contributed by atoms with Crippen molar-refractivity contribution in [3.05, 3.63) is 35.9 Å². The van der Waals surface area contributed by atoms with Gasteiger partial charge >= 0.3 is 6.09 Å². The van der Waals surface area contributed by atoms with Gasteiger partial charge in [-0.2, -0.15) is 0 Å². The van der Waals surface area contributed by atoms with E-state index >= 15 is 0 Å². The van der Waals surface area contributed by atoms with Crippen molar-refractivity contribution in [1.29, 1.82) is 0 Å². The second-order valence-corrected chi connectivity index (χ2v) is 7.03. The molecule has 23 heavy (non-hydrogen) atoms. The largest absolute Gasteiger partial charge is 0.449 e. The summed E-state index contributed by atoms with van der Waals surface area (Å²) in [7, 11) is 0. The molecule has 1 aliphatic rings. The summed E-state index contributed by atoms with van der Waals surface area (Å²) in [4.78, 5) is 28.4. The highest BCUT2D eigenvalue weighted by Gasteiger charge is 2.39. The third-order valence-corrected chi connectivity index (χ3v) is 3.97. The summed E-state index contributed by atoms with van der Waals surface area (Å²) in [5.41, 5.74) is 0.249. The number of ether oxygens (including phenoxy) is 1. The molecule has 126 valence electrons. The Hall–Kier alpha value is -2.04. The third-order valence-electron chi connectivity index (χ3n) is 3.97. The standard InChI is InChI=1S/C18H26N2O3/c1-14(2)12-23-17(22)19-10-11-20(18(3,4)13-19)16(21)15-8-6-5-7-9-15/h5-9,14H,10-13H2,1-4H3. The highest BCUT2D eigenvalue weighted by atomic mass is 16.6. The van der Waals surface area contributed by atoms with Gasteiger partial charge in [0.1, 0.15) is 0 Å². The Morgan fingerprint density at radius 1 is 1.17 bits per heavy atom. The second-order valence-electron chi connectivity index (χ2n) is 7.03. The molecule has 0 unspecified atom stereocenters. The fourth-order valence-corrected chi connectivity index (χ4v) is 2.75. The topological polar surface area (TPSA) is 49.9 Å². The predicted molar refractivity (Wildman–Crippen MR) is 89.3 cm³/mol. The summed E-state index contributed by atoms with van der Waals surface area (Å²) < 4.78 is 5.30. The van der Waals surface area contributed by atoms with Gasteiger partial charge in [0.2, 0.25) is 0 Å². The van der Waals surface area contributed by atoms with Gasteiger partial charge in [-0.15, -0.1) is 0 Å². The molecular formula is C18H26N2O3. The van der Waals surface area contributed by atoms with Crippen molar-refractivity contribution in [2.45, 2.75) is 33.2 Å². The lowest BCUT2D eigenvalue weighted by Gasteiger charge is -2.46. The molecule has 2 amide bonds. The van der Waals surface area contributed by atoms with Gasteiger partial charge in [-0.1, -0.05) is 32.0 Å². The minimum absolute atomic E-state index is 0.00537. The van der Waals surface area contributed by atoms with Crippen molar-refractivity contribution in [3.63, 3.8) is 0 Å². The molecule has 1 saturated heterocycles. The van der Waals surface area contributed by atoms with E-state index in [0.717, 1.165) is 0 Å². The first-order valence-electron chi connectivity index (χ1n) is 8.10. The molecule has 5 nitrogen and oxygen atoms in total. The van der Waals surface area contributed by atoms with Gasteiger partial charge in [0.05, 0.1) is 12.1 Å². The van der Waals surface area contributed by atoms with E-state index in [1.165, 1.54) is 0 Å². The quantitative estimate of drug-likeness (QED) is 0.861. The number of hydrogen-bond acceptors (Lipinski definition) is 3. The van der Waals surface area contributed by atoms with E-state index in [1.807, 2.05) is 62.9 Å². The Labute approximate surface area is 138 Å². The Balaban J connectivity index is 2.03. The normalized spacial score (nSPS) is 17.3. The van der Waals surface area contributed by atoms with Crippen LogP contribution in [0.4, 0.5) is 4.79 Å². The average Bonchev–Trinajstić information content (AvgIpc) is 2.51. The molecule has 1 heterocycles. The first-order chi connectivity index (χ1) is 10.8. The molecule has 0 aliphatic carbocycles. The number of nitrogens with zero attached hydrogens (tertiary/aromatic N) is 2. The van der Waals surface area contributed by atoms with E-state index in [1.54, 1.807) is 4.90 Å². The maximum absolute atomic E-state index is 12.7. The van der Waals surface area contributed by atoms with Crippen LogP contribution in [0, 0.1) is 5.92 Å². The van der Waals surface area contributed by atoms with Crippen molar-refractivity contribution in [2.24, 2.45) is 5.92 Å². The molecule has 0 aromatic heterocycles. The minimum Gasteiger partial charge on any atom is -0.449 e. The molecule has 0 atom stereocenters. The number of carbonyl (C=O) groups excluding carboxylic acids is 2. The van der Waals surface area contributed by atoms with E-state index in [9.17, 15) is 9.59 Å². The number of amides is 2. The highest BCUT2D eigenvalue weighted by molar-refractivity contribution is 5.94. The summed E-state index contributed by atoms with van der Waals surface area (Å²) in [5, 5.41) is 0. The molecule has 0 bridgehead atoms. The van der Waals surface area contributed by atoms with Gasteiger partial charge in [-0.25, -0.2) is 4.79 Å². The fraction of sp³-hybridized carbons (Fsp3) is 0.556. The van der Waals surface area contributed by atoms with Crippen molar-refractivity contribution < 1.29 is 14.3 Å². The Bertz CT molecular complexity index is 555. The Kier molecular flexibility index (Phi) is 5.29. The van der Waals surface area contributed by atoms with E-state index < -0.39 is 5.54 Å². The third kappa shape index (κ3) is 4.24. The molecule has 0 spiro atoms. The number of hydrogen-bond donors (Lipinski definition) is 0. The first-order valence-corrected chi connectivity index (χ1v) is 8.10. The van der Waals surface area contributed by atoms with Crippen LogP contribution in [-0.2, 0) is 4.74 Å². The number of rotatable bonds is 3. The fourth-order valence-electron chi connectivity index (χ4n) is 2.75. The lowest BCUT2D eigenvalue weighted by atomic mass is 9.97. The summed E-state index contributed by atoms with van der Waals surface area (Å²) >= 11 is 0. The van der Waals surface area contributed by atoms with Crippen LogP contribution < -0.4 is 0 Å². The van der Waals surface area contributed by atoms with Gasteiger partial charge < -0.3 is 14.5 Å². The predicted octanol–water partition coefficient (Wildman–Crippen LogP) is 3.02. The molecule has 1 aromatic carbocycles. The van der Waals surface area contributed by atoms with E-state index in [4.69, 9.17) is 4.74 Å². The van der Waals surface area contributed by atoms with Crippen LogP contribution in [-0.4, -0.2) is 53.6 Å². The zero-order chi connectivity index (χ0) is 17.0. The van der Waals surface area contributed by atoms with Gasteiger partial charge in [-0.05, 0) is 31.9 Å². The highest BCUT2D eigenvalue weighted by Crippen LogP contribution is 2.24. The van der Waals surface area contributed by atoms with Crippen LogP contribution in [0.3, 0.4) is 0 Å². The lowest BCUT2D eigenvalue weighted by molar-refractivity contribution is 0.0118. The van der Waals surface area contributed by atoms with E-state index in [-0.39, 0.29) is 12.0 Å². The molecule has 0 radical (unpaired) electrons. The van der Waals surface area contributed by atoms with E-state index in [0.29, 0.717) is 37.7 Å². The molecule has 1 aromatic rings. The van der Waals surface area contributed by atoms with Crippen molar-refractivity contribution >= 4 is 12.0 Å². The maximum Gasteiger partial charge on any atom is 0.409 e.